The highest BCUT2D eigenvalue weighted by molar-refractivity contribution is 5.94. The maximum atomic E-state index is 9.49. The van der Waals surface area contributed by atoms with Gasteiger partial charge in [-0.05, 0) is 18.9 Å². The molecular weight excluding hydrogens is 236 g/mol. The van der Waals surface area contributed by atoms with Crippen LogP contribution in [0.5, 0.6) is 0 Å². The highest BCUT2D eigenvalue weighted by Crippen LogP contribution is 2.30. The number of aliphatic hydroxyl groups excluding tert-OH is 1. The van der Waals surface area contributed by atoms with Crippen LogP contribution in [0.25, 0.3) is 10.9 Å². The van der Waals surface area contributed by atoms with Crippen molar-refractivity contribution in [1.29, 1.82) is 0 Å². The first-order valence-electron chi connectivity index (χ1n) is 6.94. The van der Waals surface area contributed by atoms with Gasteiger partial charge < -0.3 is 15.0 Å². The molecular formula is C16H24N2O. The van der Waals surface area contributed by atoms with Gasteiger partial charge in [0.2, 0.25) is 0 Å². The molecule has 0 bridgehead atoms. The Morgan fingerprint density at radius 3 is 2.58 bits per heavy atom. The molecule has 2 N–H and O–H groups in total. The summed E-state index contributed by atoms with van der Waals surface area (Å²) in [5, 5.41) is 10.7. The van der Waals surface area contributed by atoms with Crippen LogP contribution in [0.4, 0.5) is 5.69 Å². The molecule has 0 saturated heterocycles. The summed E-state index contributed by atoms with van der Waals surface area (Å²) < 4.78 is 0. The smallest absolute Gasteiger partial charge is 0.0651 e. The molecule has 0 aliphatic carbocycles. The van der Waals surface area contributed by atoms with Crippen LogP contribution < -0.4 is 4.90 Å². The van der Waals surface area contributed by atoms with Gasteiger partial charge in [0, 0.05) is 42.7 Å². The van der Waals surface area contributed by atoms with Crippen LogP contribution in [-0.4, -0.2) is 30.3 Å². The number of aryl methyl sites for hydroxylation is 1. The van der Waals surface area contributed by atoms with Crippen molar-refractivity contribution in [3.05, 3.63) is 30.0 Å². The molecule has 0 radical (unpaired) electrons. The average molecular weight is 260 g/mol. The van der Waals surface area contributed by atoms with E-state index in [9.17, 15) is 5.11 Å². The fraction of sp³-hybridized carbons (Fsp3) is 0.500. The maximum Gasteiger partial charge on any atom is 0.0651 e. The van der Waals surface area contributed by atoms with E-state index in [2.05, 4.69) is 55.9 Å². The van der Waals surface area contributed by atoms with Crippen LogP contribution in [0, 0.1) is 18.8 Å². The zero-order chi connectivity index (χ0) is 14.0. The lowest BCUT2D eigenvalue weighted by Gasteiger charge is -2.27. The first-order valence-corrected chi connectivity index (χ1v) is 6.94. The first kappa shape index (κ1) is 13.9. The molecule has 2 aromatic rings. The normalized spacial score (nSPS) is 13.2. The predicted octanol–water partition coefficient (Wildman–Crippen LogP) is 3.18. The number of aromatic nitrogens is 1. The van der Waals surface area contributed by atoms with Gasteiger partial charge in [0.05, 0.1) is 5.69 Å². The molecule has 0 aliphatic rings. The molecule has 0 spiro atoms. The van der Waals surface area contributed by atoms with E-state index in [1.807, 2.05) is 6.07 Å². The van der Waals surface area contributed by atoms with E-state index in [0.29, 0.717) is 11.8 Å². The first-order chi connectivity index (χ1) is 9.04. The van der Waals surface area contributed by atoms with Crippen molar-refractivity contribution in [2.24, 2.45) is 11.8 Å². The summed E-state index contributed by atoms with van der Waals surface area (Å²) in [6.07, 6.45) is 0. The fourth-order valence-electron chi connectivity index (χ4n) is 2.68. The van der Waals surface area contributed by atoms with Gasteiger partial charge in [-0.15, -0.1) is 0 Å². The molecule has 3 heteroatoms. The molecule has 0 aliphatic heterocycles. The molecule has 1 aromatic carbocycles. The van der Waals surface area contributed by atoms with Gasteiger partial charge in [-0.2, -0.15) is 0 Å². The molecule has 0 fully saturated rings. The Morgan fingerprint density at radius 1 is 1.26 bits per heavy atom. The second kappa shape index (κ2) is 5.66. The number of anilines is 1. The summed E-state index contributed by atoms with van der Waals surface area (Å²) in [6, 6.07) is 8.37. The van der Waals surface area contributed by atoms with Crippen LogP contribution in [0.15, 0.2) is 24.3 Å². The zero-order valence-electron chi connectivity index (χ0n) is 12.3. The van der Waals surface area contributed by atoms with Crippen molar-refractivity contribution in [1.82, 2.24) is 4.98 Å². The molecule has 2 rings (SSSR count). The highest BCUT2D eigenvalue weighted by Gasteiger charge is 2.18. The Morgan fingerprint density at radius 2 is 1.95 bits per heavy atom. The average Bonchev–Trinajstić information content (AvgIpc) is 2.71. The van der Waals surface area contributed by atoms with Gasteiger partial charge in [-0.3, -0.25) is 0 Å². The lowest BCUT2D eigenvalue weighted by atomic mass is 9.96. The van der Waals surface area contributed by atoms with Gasteiger partial charge in [0.1, 0.15) is 0 Å². The monoisotopic (exact) mass is 260 g/mol. The molecule has 19 heavy (non-hydrogen) atoms. The highest BCUT2D eigenvalue weighted by atomic mass is 16.3. The Kier molecular flexibility index (Phi) is 4.15. The van der Waals surface area contributed by atoms with E-state index >= 15 is 0 Å². The van der Waals surface area contributed by atoms with Gasteiger partial charge in [0.15, 0.2) is 0 Å². The molecule has 0 saturated carbocycles. The number of rotatable bonds is 5. The third-order valence-corrected chi connectivity index (χ3v) is 3.93. The van der Waals surface area contributed by atoms with Crippen molar-refractivity contribution in [3.8, 4) is 0 Å². The number of H-pyrrole nitrogens is 1. The summed E-state index contributed by atoms with van der Waals surface area (Å²) in [6.45, 7) is 7.54. The number of hydrogen-bond acceptors (Lipinski definition) is 2. The topological polar surface area (TPSA) is 39.3 Å². The Hall–Kier alpha value is -1.48. The van der Waals surface area contributed by atoms with Crippen molar-refractivity contribution < 1.29 is 5.11 Å². The number of benzene rings is 1. The van der Waals surface area contributed by atoms with E-state index < -0.39 is 0 Å². The number of hydrogen-bond donors (Lipinski definition) is 2. The minimum Gasteiger partial charge on any atom is -0.396 e. The van der Waals surface area contributed by atoms with E-state index in [-0.39, 0.29) is 6.61 Å². The summed E-state index contributed by atoms with van der Waals surface area (Å²) >= 11 is 0. The van der Waals surface area contributed by atoms with E-state index in [1.165, 1.54) is 22.3 Å². The maximum absolute atomic E-state index is 9.49. The number of para-hydroxylation sites is 1. The molecule has 104 valence electrons. The zero-order valence-corrected chi connectivity index (χ0v) is 12.3. The number of nitrogens with one attached hydrogen (secondary N) is 1. The van der Waals surface area contributed by atoms with E-state index in [0.717, 1.165) is 6.54 Å². The standard InChI is InChI=1S/C16H24N2O/c1-11(2)13(10-19)9-18(4)16-12(3)17-15-8-6-5-7-14(15)16/h5-8,11,13,17,19H,9-10H2,1-4H3. The SMILES string of the molecule is Cc1[nH]c2ccccc2c1N(C)CC(CO)C(C)C. The fourth-order valence-corrected chi connectivity index (χ4v) is 2.68. The van der Waals surface area contributed by atoms with Crippen LogP contribution in [-0.2, 0) is 0 Å². The van der Waals surface area contributed by atoms with Crippen LogP contribution in [0.2, 0.25) is 0 Å². The van der Waals surface area contributed by atoms with Crippen LogP contribution in [0.3, 0.4) is 0 Å². The van der Waals surface area contributed by atoms with Crippen molar-refractivity contribution in [2.45, 2.75) is 20.8 Å². The third kappa shape index (κ3) is 2.76. The molecule has 0 amide bonds. The summed E-state index contributed by atoms with van der Waals surface area (Å²) in [7, 11) is 2.10. The van der Waals surface area contributed by atoms with Gasteiger partial charge in [-0.1, -0.05) is 32.0 Å². The largest absolute Gasteiger partial charge is 0.396 e. The Balaban J connectivity index is 2.30. The quantitative estimate of drug-likeness (QED) is 0.866. The predicted molar refractivity (Wildman–Crippen MR) is 81.7 cm³/mol. The van der Waals surface area contributed by atoms with Crippen molar-refractivity contribution in [2.75, 3.05) is 25.1 Å². The van der Waals surface area contributed by atoms with E-state index in [1.54, 1.807) is 0 Å². The van der Waals surface area contributed by atoms with Crippen molar-refractivity contribution >= 4 is 16.6 Å². The summed E-state index contributed by atoms with van der Waals surface area (Å²) in [5.74, 6) is 0.788. The Labute approximate surface area is 115 Å². The lowest BCUT2D eigenvalue weighted by Crippen LogP contribution is -2.30. The Bertz CT molecular complexity index is 545. The number of fused-ring (bicyclic) bond motifs is 1. The van der Waals surface area contributed by atoms with Crippen LogP contribution >= 0.6 is 0 Å². The minimum absolute atomic E-state index is 0.239. The second-order valence-corrected chi connectivity index (χ2v) is 5.71. The number of aliphatic hydroxyl groups is 1. The molecule has 1 atom stereocenters. The van der Waals surface area contributed by atoms with Crippen molar-refractivity contribution in [3.63, 3.8) is 0 Å². The second-order valence-electron chi connectivity index (χ2n) is 5.71. The molecule has 3 nitrogen and oxygen atoms in total. The van der Waals surface area contributed by atoms with E-state index in [4.69, 9.17) is 0 Å². The molecule has 1 aromatic heterocycles. The molecule has 1 unspecified atom stereocenters. The molecule has 1 heterocycles. The van der Waals surface area contributed by atoms with Gasteiger partial charge >= 0.3 is 0 Å². The third-order valence-electron chi connectivity index (χ3n) is 3.93. The summed E-state index contributed by atoms with van der Waals surface area (Å²) in [5.41, 5.74) is 3.60. The number of nitrogens with zero attached hydrogens (tertiary/aromatic N) is 1. The number of aromatic amines is 1. The van der Waals surface area contributed by atoms with Gasteiger partial charge in [0.25, 0.3) is 0 Å². The summed E-state index contributed by atoms with van der Waals surface area (Å²) in [4.78, 5) is 5.68. The van der Waals surface area contributed by atoms with Gasteiger partial charge in [-0.25, -0.2) is 0 Å². The minimum atomic E-state index is 0.239. The lowest BCUT2D eigenvalue weighted by molar-refractivity contribution is 0.193. The van der Waals surface area contributed by atoms with Crippen LogP contribution in [0.1, 0.15) is 19.5 Å².